The summed E-state index contributed by atoms with van der Waals surface area (Å²) in [5.41, 5.74) is 2.10. The van der Waals surface area contributed by atoms with Gasteiger partial charge in [0.25, 0.3) is 5.56 Å². The molecule has 1 aromatic heterocycles. The van der Waals surface area contributed by atoms with Crippen molar-refractivity contribution in [2.75, 3.05) is 14.2 Å². The van der Waals surface area contributed by atoms with Crippen LogP contribution >= 0.6 is 0 Å². The molecule has 0 bridgehead atoms. The van der Waals surface area contributed by atoms with Crippen LogP contribution in [-0.2, 0) is 11.3 Å². The maximum atomic E-state index is 12.6. The first-order valence-electron chi connectivity index (χ1n) is 8.64. The third kappa shape index (κ3) is 4.95. The smallest absolute Gasteiger partial charge is 0.261 e. The van der Waals surface area contributed by atoms with Crippen LogP contribution in [0.5, 0.6) is 11.5 Å². The van der Waals surface area contributed by atoms with Gasteiger partial charge in [0.15, 0.2) is 11.5 Å². The van der Waals surface area contributed by atoms with E-state index < -0.39 is 0 Å². The van der Waals surface area contributed by atoms with E-state index in [1.807, 2.05) is 0 Å². The molecule has 0 unspecified atom stereocenters. The second kappa shape index (κ2) is 9.76. The van der Waals surface area contributed by atoms with Crippen molar-refractivity contribution in [2.45, 2.75) is 45.1 Å². The predicted octanol–water partition coefficient (Wildman–Crippen LogP) is 2.26. The van der Waals surface area contributed by atoms with Crippen LogP contribution in [0.2, 0.25) is 0 Å². The molecule has 0 saturated heterocycles. The quantitative estimate of drug-likeness (QED) is 0.381. The lowest BCUT2D eigenvalue weighted by molar-refractivity contribution is -0.129. The van der Waals surface area contributed by atoms with E-state index in [9.17, 15) is 9.59 Å². The van der Waals surface area contributed by atoms with Crippen molar-refractivity contribution >= 4 is 16.8 Å². The molecule has 1 amide bonds. The number of unbranched alkanes of at least 4 members (excludes halogenated alkanes) is 4. The molecule has 26 heavy (non-hydrogen) atoms. The maximum absolute atomic E-state index is 12.6. The van der Waals surface area contributed by atoms with Crippen LogP contribution in [0.1, 0.15) is 38.5 Å². The molecule has 0 aliphatic carbocycles. The Hall–Kier alpha value is -2.61. The molecule has 0 atom stereocenters. The number of aryl methyl sites for hydroxylation is 1. The number of nitrogens with one attached hydrogen (secondary N) is 1. The van der Waals surface area contributed by atoms with Crippen molar-refractivity contribution in [3.63, 3.8) is 0 Å². The topological polar surface area (TPSA) is 103 Å². The highest BCUT2D eigenvalue weighted by molar-refractivity contribution is 5.81. The Balaban J connectivity index is 1.93. The molecular weight excluding hydrogens is 338 g/mol. The van der Waals surface area contributed by atoms with Crippen LogP contribution in [0.4, 0.5) is 0 Å². The summed E-state index contributed by atoms with van der Waals surface area (Å²) in [6.45, 7) is 0.591. The van der Waals surface area contributed by atoms with Gasteiger partial charge in [-0.2, -0.15) is 0 Å². The summed E-state index contributed by atoms with van der Waals surface area (Å²) in [4.78, 5) is 27.9. The molecule has 0 saturated carbocycles. The van der Waals surface area contributed by atoms with Gasteiger partial charge in [-0.15, -0.1) is 0 Å². The summed E-state index contributed by atoms with van der Waals surface area (Å²) < 4.78 is 12.1. The van der Waals surface area contributed by atoms with Gasteiger partial charge >= 0.3 is 0 Å². The van der Waals surface area contributed by atoms with Crippen molar-refractivity contribution in [1.29, 1.82) is 0 Å². The van der Waals surface area contributed by atoms with E-state index in [4.69, 9.17) is 14.7 Å². The molecule has 2 aromatic rings. The summed E-state index contributed by atoms with van der Waals surface area (Å²) in [6, 6.07) is 3.36. The van der Waals surface area contributed by atoms with Gasteiger partial charge in [0.2, 0.25) is 5.91 Å². The molecule has 0 radical (unpaired) electrons. The van der Waals surface area contributed by atoms with Crippen molar-refractivity contribution in [1.82, 2.24) is 15.0 Å². The van der Waals surface area contributed by atoms with Crippen molar-refractivity contribution in [2.24, 2.45) is 0 Å². The monoisotopic (exact) mass is 363 g/mol. The Morgan fingerprint density at radius 3 is 2.46 bits per heavy atom. The number of carbonyl (C=O) groups is 1. The van der Waals surface area contributed by atoms with Crippen LogP contribution in [0.15, 0.2) is 23.3 Å². The zero-order valence-corrected chi connectivity index (χ0v) is 15.2. The van der Waals surface area contributed by atoms with Crippen molar-refractivity contribution in [3.8, 4) is 11.5 Å². The second-order valence-electron chi connectivity index (χ2n) is 6.02. The fraction of sp³-hybridized carbons (Fsp3) is 0.500. The van der Waals surface area contributed by atoms with Gasteiger partial charge in [-0.3, -0.25) is 19.4 Å². The van der Waals surface area contributed by atoms with E-state index in [1.54, 1.807) is 35.6 Å². The fourth-order valence-corrected chi connectivity index (χ4v) is 2.80. The van der Waals surface area contributed by atoms with Crippen molar-refractivity contribution in [3.05, 3.63) is 28.8 Å². The molecule has 8 heteroatoms. The Labute approximate surface area is 151 Å². The summed E-state index contributed by atoms with van der Waals surface area (Å²) >= 11 is 0. The molecule has 0 aliphatic rings. The molecule has 2 rings (SSSR count). The number of aromatic nitrogens is 2. The molecule has 142 valence electrons. The molecule has 0 aliphatic heterocycles. The first-order chi connectivity index (χ1) is 12.6. The molecule has 2 N–H and O–H groups in total. The Morgan fingerprint density at radius 1 is 1.12 bits per heavy atom. The standard InChI is InChI=1S/C18H25N3O5/c1-25-15-10-13-14(11-16(15)26-2)19-12-21(18(13)23)9-7-5-3-4-6-8-17(22)20-24/h10-12,24H,3-9H2,1-2H3,(H,20,22). The fourth-order valence-electron chi connectivity index (χ4n) is 2.80. The van der Waals surface area contributed by atoms with E-state index in [2.05, 4.69) is 4.98 Å². The number of benzene rings is 1. The summed E-state index contributed by atoms with van der Waals surface area (Å²) in [7, 11) is 3.07. The number of carbonyl (C=O) groups excluding carboxylic acids is 1. The van der Waals surface area contributed by atoms with Gasteiger partial charge in [0.1, 0.15) is 0 Å². The largest absolute Gasteiger partial charge is 0.493 e. The van der Waals surface area contributed by atoms with E-state index >= 15 is 0 Å². The van der Waals surface area contributed by atoms with E-state index in [-0.39, 0.29) is 11.5 Å². The van der Waals surface area contributed by atoms with E-state index in [0.29, 0.717) is 35.4 Å². The minimum absolute atomic E-state index is 0.101. The van der Waals surface area contributed by atoms with E-state index in [0.717, 1.165) is 32.1 Å². The highest BCUT2D eigenvalue weighted by Crippen LogP contribution is 2.29. The lowest BCUT2D eigenvalue weighted by Crippen LogP contribution is -2.20. The molecule has 8 nitrogen and oxygen atoms in total. The lowest BCUT2D eigenvalue weighted by atomic mass is 10.1. The summed E-state index contributed by atoms with van der Waals surface area (Å²) in [5.74, 6) is 0.689. The van der Waals surface area contributed by atoms with Crippen LogP contribution in [0.3, 0.4) is 0 Å². The number of rotatable bonds is 10. The normalized spacial score (nSPS) is 10.7. The third-order valence-corrected chi connectivity index (χ3v) is 4.26. The van der Waals surface area contributed by atoms with Gasteiger partial charge in [-0.25, -0.2) is 10.5 Å². The minimum Gasteiger partial charge on any atom is -0.493 e. The first-order valence-corrected chi connectivity index (χ1v) is 8.64. The van der Waals surface area contributed by atoms with Crippen LogP contribution in [-0.4, -0.2) is 34.9 Å². The number of methoxy groups -OCH3 is 2. The van der Waals surface area contributed by atoms with Gasteiger partial charge in [-0.05, 0) is 18.9 Å². The highest BCUT2D eigenvalue weighted by atomic mass is 16.5. The number of hydrogen-bond donors (Lipinski definition) is 2. The van der Waals surface area contributed by atoms with Crippen LogP contribution < -0.4 is 20.5 Å². The molecule has 1 heterocycles. The van der Waals surface area contributed by atoms with E-state index in [1.165, 1.54) is 7.11 Å². The number of hydroxylamine groups is 1. The van der Waals surface area contributed by atoms with Gasteiger partial charge in [0, 0.05) is 19.0 Å². The zero-order chi connectivity index (χ0) is 18.9. The number of ether oxygens (including phenoxy) is 2. The van der Waals surface area contributed by atoms with Gasteiger partial charge in [-0.1, -0.05) is 19.3 Å². The van der Waals surface area contributed by atoms with Gasteiger partial charge < -0.3 is 9.47 Å². The van der Waals surface area contributed by atoms with Crippen molar-refractivity contribution < 1.29 is 19.5 Å². The molecular formula is C18H25N3O5. The Morgan fingerprint density at radius 2 is 1.77 bits per heavy atom. The van der Waals surface area contributed by atoms with Crippen LogP contribution in [0, 0.1) is 0 Å². The number of amides is 1. The number of fused-ring (bicyclic) bond motifs is 1. The number of nitrogens with zero attached hydrogens (tertiary/aromatic N) is 2. The molecule has 0 fully saturated rings. The zero-order valence-electron chi connectivity index (χ0n) is 15.2. The number of hydrogen-bond acceptors (Lipinski definition) is 6. The molecule has 1 aromatic carbocycles. The molecule has 0 spiro atoms. The second-order valence-corrected chi connectivity index (χ2v) is 6.02. The summed E-state index contributed by atoms with van der Waals surface area (Å²) in [5, 5.41) is 8.91. The highest BCUT2D eigenvalue weighted by Gasteiger charge is 2.11. The Bertz CT molecular complexity index is 803. The van der Waals surface area contributed by atoms with Crippen LogP contribution in [0.25, 0.3) is 10.9 Å². The predicted molar refractivity (Wildman–Crippen MR) is 96.7 cm³/mol. The maximum Gasteiger partial charge on any atom is 0.261 e. The average Bonchev–Trinajstić information content (AvgIpc) is 2.67. The summed E-state index contributed by atoms with van der Waals surface area (Å²) in [6.07, 6.45) is 6.32. The Kier molecular flexibility index (Phi) is 7.40. The van der Waals surface area contributed by atoms with Gasteiger partial charge in [0.05, 0.1) is 31.4 Å². The lowest BCUT2D eigenvalue weighted by Gasteiger charge is -2.10. The SMILES string of the molecule is COc1cc2ncn(CCCCCCCC(=O)NO)c(=O)c2cc1OC. The third-order valence-electron chi connectivity index (χ3n) is 4.26. The average molecular weight is 363 g/mol. The minimum atomic E-state index is -0.356. The first kappa shape index (κ1) is 19.7.